The number of ether oxygens (including phenoxy) is 1. The third kappa shape index (κ3) is 6.08. The molecule has 0 saturated heterocycles. The molecule has 0 aromatic heterocycles. The minimum absolute atomic E-state index is 0.0450. The maximum absolute atomic E-state index is 12.9. The van der Waals surface area contributed by atoms with E-state index in [4.69, 9.17) is 4.74 Å². The minimum atomic E-state index is -0.889. The van der Waals surface area contributed by atoms with Crippen molar-refractivity contribution in [2.75, 3.05) is 13.7 Å². The first kappa shape index (κ1) is 18.7. The lowest BCUT2D eigenvalue weighted by atomic mass is 10.1. The van der Waals surface area contributed by atoms with E-state index in [9.17, 15) is 14.3 Å². The van der Waals surface area contributed by atoms with Gasteiger partial charge in [-0.15, -0.1) is 0 Å². The largest absolute Gasteiger partial charge is 0.497 e. The molecule has 134 valence electrons. The number of hydrogen-bond acceptors (Lipinski definition) is 3. The monoisotopic (exact) mass is 346 g/mol. The normalized spacial score (nSPS) is 13.0. The predicted octanol–water partition coefficient (Wildman–Crippen LogP) is 2.80. The summed E-state index contributed by atoms with van der Waals surface area (Å²) in [6.07, 6.45) is -0.231. The fourth-order valence-electron chi connectivity index (χ4n) is 2.47. The van der Waals surface area contributed by atoms with Crippen LogP contribution in [0.4, 0.5) is 9.18 Å². The molecule has 2 amide bonds. The van der Waals surface area contributed by atoms with Gasteiger partial charge in [-0.25, -0.2) is 9.18 Å². The van der Waals surface area contributed by atoms with E-state index in [1.807, 2.05) is 31.2 Å². The first-order valence-corrected chi connectivity index (χ1v) is 8.08. The van der Waals surface area contributed by atoms with Crippen LogP contribution in [0.1, 0.15) is 24.2 Å². The van der Waals surface area contributed by atoms with Gasteiger partial charge in [0, 0.05) is 12.6 Å². The number of urea groups is 1. The zero-order valence-electron chi connectivity index (χ0n) is 14.3. The predicted molar refractivity (Wildman–Crippen MR) is 94.1 cm³/mol. The summed E-state index contributed by atoms with van der Waals surface area (Å²) in [5.41, 5.74) is 1.60. The first-order chi connectivity index (χ1) is 12.0. The molecule has 0 spiro atoms. The molecule has 6 heteroatoms. The summed E-state index contributed by atoms with van der Waals surface area (Å²) in [5, 5.41) is 15.4. The zero-order chi connectivity index (χ0) is 18.2. The van der Waals surface area contributed by atoms with Crippen LogP contribution in [0.5, 0.6) is 5.75 Å². The van der Waals surface area contributed by atoms with Crippen molar-refractivity contribution >= 4 is 6.03 Å². The number of carbonyl (C=O) groups excluding carboxylic acids is 1. The van der Waals surface area contributed by atoms with Crippen LogP contribution in [-0.4, -0.2) is 30.8 Å². The van der Waals surface area contributed by atoms with Crippen LogP contribution in [0, 0.1) is 5.82 Å². The van der Waals surface area contributed by atoms with Crippen molar-refractivity contribution in [3.63, 3.8) is 0 Å². The number of halogens is 1. The van der Waals surface area contributed by atoms with Crippen LogP contribution >= 0.6 is 0 Å². The summed E-state index contributed by atoms with van der Waals surface area (Å²) in [7, 11) is 1.61. The van der Waals surface area contributed by atoms with Gasteiger partial charge >= 0.3 is 6.03 Å². The van der Waals surface area contributed by atoms with Crippen LogP contribution < -0.4 is 15.4 Å². The van der Waals surface area contributed by atoms with Gasteiger partial charge in [-0.05, 0) is 48.7 Å². The van der Waals surface area contributed by atoms with E-state index < -0.39 is 6.10 Å². The lowest BCUT2D eigenvalue weighted by molar-refractivity contribution is 0.172. The number of aliphatic hydroxyl groups excluding tert-OH is 1. The van der Waals surface area contributed by atoms with Gasteiger partial charge < -0.3 is 20.5 Å². The molecule has 0 aliphatic rings. The second-order valence-corrected chi connectivity index (χ2v) is 5.88. The molecule has 0 fully saturated rings. The summed E-state index contributed by atoms with van der Waals surface area (Å²) >= 11 is 0. The molecule has 0 bridgehead atoms. The smallest absolute Gasteiger partial charge is 0.315 e. The molecular weight excluding hydrogens is 323 g/mol. The molecule has 0 heterocycles. The maximum atomic E-state index is 12.9. The standard InChI is InChI=1S/C19H23FN2O3/c1-13(10-14-4-3-5-17(11-14)25-2)22-19(24)21-12-18(23)15-6-8-16(20)9-7-15/h3-9,11,13,18,23H,10,12H2,1-2H3,(H2,21,22,24). The number of nitrogens with one attached hydrogen (secondary N) is 2. The Morgan fingerprint density at radius 1 is 1.24 bits per heavy atom. The lowest BCUT2D eigenvalue weighted by Gasteiger charge is -2.17. The van der Waals surface area contributed by atoms with Gasteiger partial charge in [0.05, 0.1) is 13.2 Å². The Labute approximate surface area is 146 Å². The molecule has 2 atom stereocenters. The van der Waals surface area contributed by atoms with Gasteiger partial charge in [0.1, 0.15) is 11.6 Å². The summed E-state index contributed by atoms with van der Waals surface area (Å²) in [5.74, 6) is 0.407. The number of hydrogen-bond donors (Lipinski definition) is 3. The van der Waals surface area contributed by atoms with E-state index in [-0.39, 0.29) is 24.4 Å². The van der Waals surface area contributed by atoms with Crippen molar-refractivity contribution in [1.82, 2.24) is 10.6 Å². The van der Waals surface area contributed by atoms with Crippen LogP contribution in [0.25, 0.3) is 0 Å². The Bertz CT molecular complexity index is 691. The average Bonchev–Trinajstić information content (AvgIpc) is 2.60. The quantitative estimate of drug-likeness (QED) is 0.722. The van der Waals surface area contributed by atoms with Crippen LogP contribution in [-0.2, 0) is 6.42 Å². The van der Waals surface area contributed by atoms with Crippen LogP contribution in [0.3, 0.4) is 0 Å². The molecule has 2 unspecified atom stereocenters. The van der Waals surface area contributed by atoms with Gasteiger partial charge in [0.2, 0.25) is 0 Å². The highest BCUT2D eigenvalue weighted by Crippen LogP contribution is 2.14. The van der Waals surface area contributed by atoms with E-state index in [1.54, 1.807) is 7.11 Å². The number of amides is 2. The first-order valence-electron chi connectivity index (χ1n) is 8.08. The van der Waals surface area contributed by atoms with Crippen LogP contribution in [0.15, 0.2) is 48.5 Å². The molecule has 2 aromatic rings. The highest BCUT2D eigenvalue weighted by atomic mass is 19.1. The summed E-state index contributed by atoms with van der Waals surface area (Å²) in [6.45, 7) is 1.94. The minimum Gasteiger partial charge on any atom is -0.497 e. The SMILES string of the molecule is COc1cccc(CC(C)NC(=O)NCC(O)c2ccc(F)cc2)c1. The van der Waals surface area contributed by atoms with Crippen molar-refractivity contribution in [1.29, 1.82) is 0 Å². The fourth-order valence-corrected chi connectivity index (χ4v) is 2.47. The molecule has 0 aliphatic carbocycles. The van der Waals surface area contributed by atoms with Crippen molar-refractivity contribution < 1.29 is 19.0 Å². The Balaban J connectivity index is 1.78. The number of methoxy groups -OCH3 is 1. The van der Waals surface area contributed by atoms with Gasteiger partial charge in [-0.2, -0.15) is 0 Å². The molecule has 25 heavy (non-hydrogen) atoms. The third-order valence-electron chi connectivity index (χ3n) is 3.76. The van der Waals surface area contributed by atoms with Gasteiger partial charge in [-0.3, -0.25) is 0 Å². The molecular formula is C19H23FN2O3. The Morgan fingerprint density at radius 2 is 1.96 bits per heavy atom. The topological polar surface area (TPSA) is 70.6 Å². The van der Waals surface area contributed by atoms with Crippen molar-refractivity contribution in [3.8, 4) is 5.75 Å². The number of aliphatic hydroxyl groups is 1. The highest BCUT2D eigenvalue weighted by Gasteiger charge is 2.12. The van der Waals surface area contributed by atoms with E-state index >= 15 is 0 Å². The Hall–Kier alpha value is -2.60. The second kappa shape index (κ2) is 9.03. The average molecular weight is 346 g/mol. The highest BCUT2D eigenvalue weighted by molar-refractivity contribution is 5.74. The maximum Gasteiger partial charge on any atom is 0.315 e. The number of benzene rings is 2. The van der Waals surface area contributed by atoms with Crippen molar-refractivity contribution in [2.45, 2.75) is 25.5 Å². The molecule has 5 nitrogen and oxygen atoms in total. The number of carbonyl (C=O) groups is 1. The fraction of sp³-hybridized carbons (Fsp3) is 0.316. The van der Waals surface area contributed by atoms with Crippen molar-refractivity contribution in [3.05, 3.63) is 65.5 Å². The van der Waals surface area contributed by atoms with Crippen molar-refractivity contribution in [2.24, 2.45) is 0 Å². The molecule has 0 aliphatic heterocycles. The Kier molecular flexibility index (Phi) is 6.77. The molecule has 2 rings (SSSR count). The third-order valence-corrected chi connectivity index (χ3v) is 3.76. The summed E-state index contributed by atoms with van der Waals surface area (Å²) in [4.78, 5) is 11.9. The van der Waals surface area contributed by atoms with E-state index in [0.717, 1.165) is 11.3 Å². The lowest BCUT2D eigenvalue weighted by Crippen LogP contribution is -2.43. The van der Waals surface area contributed by atoms with Gasteiger partial charge in [0.15, 0.2) is 0 Å². The summed E-state index contributed by atoms with van der Waals surface area (Å²) < 4.78 is 18.0. The van der Waals surface area contributed by atoms with Gasteiger partial charge in [0.25, 0.3) is 0 Å². The summed E-state index contributed by atoms with van der Waals surface area (Å²) in [6, 6.07) is 12.7. The Morgan fingerprint density at radius 3 is 2.64 bits per heavy atom. The van der Waals surface area contributed by atoms with E-state index in [2.05, 4.69) is 10.6 Å². The van der Waals surface area contributed by atoms with E-state index in [1.165, 1.54) is 24.3 Å². The van der Waals surface area contributed by atoms with Gasteiger partial charge in [-0.1, -0.05) is 24.3 Å². The van der Waals surface area contributed by atoms with E-state index in [0.29, 0.717) is 12.0 Å². The molecule has 3 N–H and O–H groups in total. The molecule has 2 aromatic carbocycles. The molecule has 0 radical (unpaired) electrons. The van der Waals surface area contributed by atoms with Crippen LogP contribution in [0.2, 0.25) is 0 Å². The molecule has 0 saturated carbocycles. The number of rotatable bonds is 7. The zero-order valence-corrected chi connectivity index (χ0v) is 14.3. The second-order valence-electron chi connectivity index (χ2n) is 5.88.